The largest absolute Gasteiger partial charge is 0.388 e. The molecule has 32 heavy (non-hydrogen) atoms. The molecular weight excluding hydrogens is 416 g/mol. The summed E-state index contributed by atoms with van der Waals surface area (Å²) in [5.74, 6) is -0.409. The molecule has 0 aliphatic rings. The van der Waals surface area contributed by atoms with Crippen LogP contribution in [0.2, 0.25) is 0 Å². The molecule has 0 bridgehead atoms. The highest BCUT2D eigenvalue weighted by atomic mass is 19.1. The molecule has 1 heterocycles. The van der Waals surface area contributed by atoms with Crippen LogP contribution in [0.15, 0.2) is 60.8 Å². The fraction of sp³-hybridized carbons (Fsp3) is 0.261. The third kappa shape index (κ3) is 5.98. The number of rotatable bonds is 7. The number of halogens is 2. The first-order valence-corrected chi connectivity index (χ1v) is 10.0. The summed E-state index contributed by atoms with van der Waals surface area (Å²) in [5, 5.41) is 15.9. The van der Waals surface area contributed by atoms with Crippen molar-refractivity contribution in [3.8, 4) is 0 Å². The van der Waals surface area contributed by atoms with Crippen molar-refractivity contribution in [1.29, 1.82) is 0 Å². The summed E-state index contributed by atoms with van der Waals surface area (Å²) in [6, 6.07) is 11.9. The van der Waals surface area contributed by atoms with Crippen LogP contribution < -0.4 is 15.5 Å². The lowest BCUT2D eigenvalue weighted by Gasteiger charge is -2.27. The Labute approximate surface area is 185 Å². The normalized spacial score (nSPS) is 12.2. The Morgan fingerprint density at radius 3 is 2.50 bits per heavy atom. The van der Waals surface area contributed by atoms with Crippen LogP contribution in [0.5, 0.6) is 0 Å². The van der Waals surface area contributed by atoms with Crippen LogP contribution in [0, 0.1) is 11.6 Å². The second-order valence-electron chi connectivity index (χ2n) is 7.86. The Bertz CT molecular complexity index is 1070. The number of hydrogen-bond acceptors (Lipinski definition) is 5. The molecule has 0 saturated carbocycles. The zero-order valence-electron chi connectivity index (χ0n) is 18.0. The van der Waals surface area contributed by atoms with Crippen LogP contribution >= 0.6 is 0 Å². The second-order valence-corrected chi connectivity index (χ2v) is 7.86. The maximum atomic E-state index is 13.5. The molecule has 2 aromatic carbocycles. The van der Waals surface area contributed by atoms with Crippen molar-refractivity contribution in [3.05, 3.63) is 78.0 Å². The molecule has 0 fully saturated rings. The van der Waals surface area contributed by atoms with Crippen molar-refractivity contribution in [3.63, 3.8) is 0 Å². The number of anilines is 3. The highest BCUT2D eigenvalue weighted by Crippen LogP contribution is 2.25. The number of nitrogens with one attached hydrogen (secondary N) is 2. The molecule has 2 amide bonds. The van der Waals surface area contributed by atoms with Gasteiger partial charge < -0.3 is 15.7 Å². The van der Waals surface area contributed by atoms with Gasteiger partial charge in [0.2, 0.25) is 5.95 Å². The molecular formula is C23H25F2N5O2. The Morgan fingerprint density at radius 2 is 1.84 bits per heavy atom. The summed E-state index contributed by atoms with van der Waals surface area (Å²) >= 11 is 0. The molecule has 0 aliphatic carbocycles. The van der Waals surface area contributed by atoms with Crippen LogP contribution in [-0.4, -0.2) is 32.7 Å². The maximum Gasteiger partial charge on any atom is 0.327 e. The van der Waals surface area contributed by atoms with E-state index in [1.165, 1.54) is 53.6 Å². The van der Waals surface area contributed by atoms with Gasteiger partial charge in [-0.15, -0.1) is 0 Å². The highest BCUT2D eigenvalue weighted by Gasteiger charge is 2.24. The fourth-order valence-corrected chi connectivity index (χ4v) is 2.76. The lowest BCUT2D eigenvalue weighted by Crippen LogP contribution is -2.40. The molecule has 9 heteroatoms. The second kappa shape index (κ2) is 9.69. The lowest BCUT2D eigenvalue weighted by molar-refractivity contribution is 0.0646. The van der Waals surface area contributed by atoms with E-state index in [9.17, 15) is 18.7 Å². The first-order valence-electron chi connectivity index (χ1n) is 10.0. The summed E-state index contributed by atoms with van der Waals surface area (Å²) in [4.78, 5) is 22.9. The number of hydrogen-bond donors (Lipinski definition) is 3. The molecule has 0 aliphatic heterocycles. The average molecular weight is 441 g/mol. The zero-order valence-corrected chi connectivity index (χ0v) is 18.0. The van der Waals surface area contributed by atoms with E-state index in [0.717, 1.165) is 0 Å². The van der Waals surface area contributed by atoms with Crippen molar-refractivity contribution >= 4 is 23.5 Å². The van der Waals surface area contributed by atoms with Gasteiger partial charge in [-0.25, -0.2) is 23.5 Å². The summed E-state index contributed by atoms with van der Waals surface area (Å²) in [5.41, 5.74) is -0.0667. The topological polar surface area (TPSA) is 90.4 Å². The molecule has 1 atom stereocenters. The third-order valence-electron chi connectivity index (χ3n) is 4.90. The van der Waals surface area contributed by atoms with Gasteiger partial charge in [-0.3, -0.25) is 0 Å². The molecule has 7 nitrogen and oxygen atoms in total. The summed E-state index contributed by atoms with van der Waals surface area (Å²) < 4.78 is 26.9. The Hall–Kier alpha value is -3.59. The number of nitrogens with zero attached hydrogens (tertiary/aromatic N) is 3. The van der Waals surface area contributed by atoms with E-state index < -0.39 is 23.3 Å². The van der Waals surface area contributed by atoms with Crippen LogP contribution in [0.25, 0.3) is 0 Å². The predicted molar refractivity (Wildman–Crippen MR) is 119 cm³/mol. The molecule has 0 radical (unpaired) electrons. The van der Waals surface area contributed by atoms with E-state index in [4.69, 9.17) is 0 Å². The number of benzene rings is 2. The Balaban J connectivity index is 1.88. The summed E-state index contributed by atoms with van der Waals surface area (Å²) in [6.07, 6.45) is 1.47. The van der Waals surface area contributed by atoms with Crippen LogP contribution in [-0.2, 0) is 6.54 Å². The minimum Gasteiger partial charge on any atom is -0.388 e. The maximum absolute atomic E-state index is 13.5. The molecule has 1 unspecified atom stereocenters. The van der Waals surface area contributed by atoms with Crippen molar-refractivity contribution in [1.82, 2.24) is 15.3 Å². The number of aromatic nitrogens is 2. The average Bonchev–Trinajstić information content (AvgIpc) is 2.73. The molecule has 3 aromatic rings. The van der Waals surface area contributed by atoms with Crippen LogP contribution in [0.1, 0.15) is 26.3 Å². The molecule has 168 valence electrons. The van der Waals surface area contributed by atoms with Gasteiger partial charge in [0.15, 0.2) is 0 Å². The smallest absolute Gasteiger partial charge is 0.327 e. The van der Waals surface area contributed by atoms with Gasteiger partial charge in [0.1, 0.15) is 17.5 Å². The Kier molecular flexibility index (Phi) is 6.99. The lowest BCUT2D eigenvalue weighted by atomic mass is 10.0. The fourth-order valence-electron chi connectivity index (χ4n) is 2.76. The number of urea groups is 1. The van der Waals surface area contributed by atoms with Crippen LogP contribution in [0.3, 0.4) is 0 Å². The standard InChI is InChI=1S/C23H25F2N5O2/c1-15(23(2,3)32)28-21-26-12-11-20(29-21)30(19-9-7-17(24)8-10-19)22(31)27-14-16-5-4-6-18(25)13-16/h4-13,15,32H,14H2,1-3H3,(H,27,31)(H,26,28,29). The molecule has 3 N–H and O–H groups in total. The van der Waals surface area contributed by atoms with Gasteiger partial charge in [0, 0.05) is 18.8 Å². The highest BCUT2D eigenvalue weighted by molar-refractivity contribution is 5.98. The zero-order chi connectivity index (χ0) is 23.3. The Morgan fingerprint density at radius 1 is 1.12 bits per heavy atom. The molecule has 1 aromatic heterocycles. The molecule has 0 saturated heterocycles. The van der Waals surface area contributed by atoms with E-state index in [2.05, 4.69) is 20.6 Å². The van der Waals surface area contributed by atoms with Crippen molar-refractivity contribution < 1.29 is 18.7 Å². The van der Waals surface area contributed by atoms with Crippen molar-refractivity contribution in [2.45, 2.75) is 39.0 Å². The summed E-state index contributed by atoms with van der Waals surface area (Å²) in [6.45, 7) is 5.16. The summed E-state index contributed by atoms with van der Waals surface area (Å²) in [7, 11) is 0. The van der Waals surface area contributed by atoms with E-state index in [-0.39, 0.29) is 24.4 Å². The van der Waals surface area contributed by atoms with Crippen molar-refractivity contribution in [2.24, 2.45) is 0 Å². The van der Waals surface area contributed by atoms with Gasteiger partial charge >= 0.3 is 6.03 Å². The van der Waals surface area contributed by atoms with Crippen LogP contribution in [0.4, 0.5) is 31.0 Å². The van der Waals surface area contributed by atoms with E-state index in [1.54, 1.807) is 32.9 Å². The quantitative estimate of drug-likeness (QED) is 0.506. The number of aliphatic hydroxyl groups is 1. The third-order valence-corrected chi connectivity index (χ3v) is 4.90. The van der Waals surface area contributed by atoms with Gasteiger partial charge in [-0.05, 0) is 62.7 Å². The van der Waals surface area contributed by atoms with Gasteiger partial charge in [0.25, 0.3) is 0 Å². The number of carbonyl (C=O) groups excluding carboxylic acids is 1. The SMILES string of the molecule is CC(Nc1nccc(N(C(=O)NCc2cccc(F)c2)c2ccc(F)cc2)n1)C(C)(C)O. The minimum atomic E-state index is -1.03. The van der Waals surface area contributed by atoms with Gasteiger partial charge in [0.05, 0.1) is 17.3 Å². The number of amides is 2. The van der Waals surface area contributed by atoms with Gasteiger partial charge in [-0.2, -0.15) is 4.98 Å². The first-order chi connectivity index (χ1) is 15.1. The first kappa shape index (κ1) is 23.1. The molecule has 3 rings (SSSR count). The van der Waals surface area contributed by atoms with E-state index in [0.29, 0.717) is 11.3 Å². The van der Waals surface area contributed by atoms with Gasteiger partial charge in [-0.1, -0.05) is 12.1 Å². The predicted octanol–water partition coefficient (Wildman–Crippen LogP) is 4.37. The molecule has 0 spiro atoms. The van der Waals surface area contributed by atoms with E-state index in [1.807, 2.05) is 0 Å². The van der Waals surface area contributed by atoms with Crippen molar-refractivity contribution in [2.75, 3.05) is 10.2 Å². The minimum absolute atomic E-state index is 0.0835. The number of carbonyl (C=O) groups is 1. The van der Waals surface area contributed by atoms with E-state index >= 15 is 0 Å². The monoisotopic (exact) mass is 441 g/mol.